The number of hydrogen-bond acceptors (Lipinski definition) is 3. The molecule has 0 bridgehead atoms. The molecule has 25 heavy (non-hydrogen) atoms. The second-order valence-corrected chi connectivity index (χ2v) is 6.83. The molecule has 5 nitrogen and oxygen atoms in total. The minimum absolute atomic E-state index is 0.00203. The van der Waals surface area contributed by atoms with Crippen molar-refractivity contribution in [1.29, 1.82) is 0 Å². The topological polar surface area (TPSA) is 58.6 Å². The maximum atomic E-state index is 12.6. The van der Waals surface area contributed by atoms with Gasteiger partial charge in [0.2, 0.25) is 11.8 Å². The summed E-state index contributed by atoms with van der Waals surface area (Å²) in [5.74, 6) is 0.460. The molecule has 1 aliphatic rings. The average Bonchev–Trinajstić information content (AvgIpc) is 2.59. The number of hydrogen-bond donors (Lipinski definition) is 1. The fourth-order valence-corrected chi connectivity index (χ4v) is 3.18. The Kier molecular flexibility index (Phi) is 4.49. The molecule has 1 heterocycles. The Morgan fingerprint density at radius 3 is 2.52 bits per heavy atom. The average molecular weight is 338 g/mol. The Morgan fingerprint density at radius 2 is 1.84 bits per heavy atom. The molecule has 0 saturated carbocycles. The van der Waals surface area contributed by atoms with Crippen molar-refractivity contribution in [3.05, 3.63) is 54.1 Å². The number of nitrogens with zero attached hydrogens (tertiary/aromatic N) is 1. The molecule has 3 rings (SSSR count). The summed E-state index contributed by atoms with van der Waals surface area (Å²) in [6, 6.07) is 14.9. The number of carbonyl (C=O) groups excluding carboxylic acids is 2. The summed E-state index contributed by atoms with van der Waals surface area (Å²) in [7, 11) is 1.59. The number of benzene rings is 2. The Labute approximate surface area is 147 Å². The molecular formula is C20H22N2O3. The van der Waals surface area contributed by atoms with E-state index in [0.717, 1.165) is 17.0 Å². The quantitative estimate of drug-likeness (QED) is 0.930. The third-order valence-corrected chi connectivity index (χ3v) is 4.49. The molecule has 1 N–H and O–H groups in total. The maximum Gasteiger partial charge on any atom is 0.244 e. The smallest absolute Gasteiger partial charge is 0.244 e. The minimum Gasteiger partial charge on any atom is -0.497 e. The predicted octanol–water partition coefficient (Wildman–Crippen LogP) is 3.35. The van der Waals surface area contributed by atoms with Crippen molar-refractivity contribution in [3.63, 3.8) is 0 Å². The van der Waals surface area contributed by atoms with E-state index in [1.165, 1.54) is 0 Å². The molecule has 2 aromatic rings. The van der Waals surface area contributed by atoms with E-state index in [1.54, 1.807) is 36.3 Å². The monoisotopic (exact) mass is 338 g/mol. The summed E-state index contributed by atoms with van der Waals surface area (Å²) in [6.45, 7) is 4.11. The highest BCUT2D eigenvalue weighted by atomic mass is 16.5. The van der Waals surface area contributed by atoms with Crippen molar-refractivity contribution in [2.75, 3.05) is 23.9 Å². The van der Waals surface area contributed by atoms with Gasteiger partial charge in [-0.15, -0.1) is 0 Å². The van der Waals surface area contributed by atoms with Crippen LogP contribution in [0.4, 0.5) is 11.4 Å². The Morgan fingerprint density at radius 1 is 1.16 bits per heavy atom. The predicted molar refractivity (Wildman–Crippen MR) is 98.1 cm³/mol. The van der Waals surface area contributed by atoms with Crippen LogP contribution in [-0.4, -0.2) is 25.5 Å². The van der Waals surface area contributed by atoms with Crippen molar-refractivity contribution in [3.8, 4) is 5.75 Å². The van der Waals surface area contributed by atoms with Gasteiger partial charge in [0.25, 0.3) is 0 Å². The fourth-order valence-electron chi connectivity index (χ4n) is 3.18. The number of methoxy groups -OCH3 is 1. The van der Waals surface area contributed by atoms with Crippen LogP contribution in [0, 0.1) is 0 Å². The zero-order valence-electron chi connectivity index (χ0n) is 14.7. The minimum atomic E-state index is -0.229. The lowest BCUT2D eigenvalue weighted by Gasteiger charge is -2.38. The molecule has 0 atom stereocenters. The molecule has 2 aromatic carbocycles. The van der Waals surface area contributed by atoms with Crippen LogP contribution in [0.5, 0.6) is 5.75 Å². The first-order chi connectivity index (χ1) is 11.9. The van der Waals surface area contributed by atoms with Gasteiger partial charge in [0, 0.05) is 23.2 Å². The van der Waals surface area contributed by atoms with E-state index in [-0.39, 0.29) is 23.8 Å². The van der Waals surface area contributed by atoms with Crippen LogP contribution in [0.1, 0.15) is 25.8 Å². The van der Waals surface area contributed by atoms with Crippen molar-refractivity contribution in [1.82, 2.24) is 0 Å². The van der Waals surface area contributed by atoms with Crippen LogP contribution in [0.25, 0.3) is 0 Å². The van der Waals surface area contributed by atoms with Crippen LogP contribution in [0.15, 0.2) is 48.5 Å². The van der Waals surface area contributed by atoms with Crippen LogP contribution < -0.4 is 15.0 Å². The number of anilines is 2. The van der Waals surface area contributed by atoms with Gasteiger partial charge < -0.3 is 15.0 Å². The van der Waals surface area contributed by atoms with E-state index in [4.69, 9.17) is 4.74 Å². The number of para-hydroxylation sites is 1. The molecule has 0 saturated heterocycles. The number of carbonyl (C=O) groups is 2. The van der Waals surface area contributed by atoms with Gasteiger partial charge in [-0.3, -0.25) is 9.59 Å². The van der Waals surface area contributed by atoms with Crippen LogP contribution >= 0.6 is 0 Å². The van der Waals surface area contributed by atoms with Gasteiger partial charge in [0.15, 0.2) is 0 Å². The molecule has 0 spiro atoms. The standard InChI is InChI=1S/C20H22N2O3/c1-20(2)12-19(24)22(17-7-5-4-6-16(17)20)13-18(23)21-14-8-10-15(25-3)11-9-14/h4-11H,12-13H2,1-3H3,(H,21,23). The molecule has 0 fully saturated rings. The lowest BCUT2D eigenvalue weighted by atomic mass is 9.77. The first-order valence-electron chi connectivity index (χ1n) is 8.24. The largest absolute Gasteiger partial charge is 0.497 e. The number of nitrogens with one attached hydrogen (secondary N) is 1. The van der Waals surface area contributed by atoms with Gasteiger partial charge in [-0.2, -0.15) is 0 Å². The van der Waals surface area contributed by atoms with Crippen molar-refractivity contribution in [2.45, 2.75) is 25.7 Å². The maximum absolute atomic E-state index is 12.6. The first kappa shape index (κ1) is 17.0. The summed E-state index contributed by atoms with van der Waals surface area (Å²) >= 11 is 0. The van der Waals surface area contributed by atoms with E-state index in [2.05, 4.69) is 19.2 Å². The second-order valence-electron chi connectivity index (χ2n) is 6.83. The molecule has 0 aromatic heterocycles. The summed E-state index contributed by atoms with van der Waals surface area (Å²) in [5, 5.41) is 2.82. The van der Waals surface area contributed by atoms with Gasteiger partial charge in [0.1, 0.15) is 12.3 Å². The van der Waals surface area contributed by atoms with E-state index in [1.807, 2.05) is 24.3 Å². The molecule has 1 aliphatic heterocycles. The normalized spacial score (nSPS) is 15.5. The van der Waals surface area contributed by atoms with Gasteiger partial charge in [0.05, 0.1) is 7.11 Å². The Balaban J connectivity index is 1.77. The summed E-state index contributed by atoms with van der Waals surface area (Å²) in [5.41, 5.74) is 2.35. The van der Waals surface area contributed by atoms with Gasteiger partial charge in [-0.25, -0.2) is 0 Å². The molecule has 2 amide bonds. The van der Waals surface area contributed by atoms with E-state index in [0.29, 0.717) is 12.1 Å². The SMILES string of the molecule is COc1ccc(NC(=O)CN2C(=O)CC(C)(C)c3ccccc32)cc1. The lowest BCUT2D eigenvalue weighted by Crippen LogP contribution is -2.45. The van der Waals surface area contributed by atoms with Gasteiger partial charge >= 0.3 is 0 Å². The Bertz CT molecular complexity index is 797. The summed E-state index contributed by atoms with van der Waals surface area (Å²) in [6.07, 6.45) is 0.389. The number of fused-ring (bicyclic) bond motifs is 1. The lowest BCUT2D eigenvalue weighted by molar-refractivity contribution is -0.122. The van der Waals surface area contributed by atoms with E-state index >= 15 is 0 Å². The van der Waals surface area contributed by atoms with E-state index < -0.39 is 0 Å². The molecule has 130 valence electrons. The second kappa shape index (κ2) is 6.59. The zero-order valence-corrected chi connectivity index (χ0v) is 14.7. The van der Waals surface area contributed by atoms with Crippen LogP contribution in [0.2, 0.25) is 0 Å². The fraction of sp³-hybridized carbons (Fsp3) is 0.300. The van der Waals surface area contributed by atoms with Gasteiger partial charge in [-0.05, 0) is 35.9 Å². The summed E-state index contributed by atoms with van der Waals surface area (Å²) in [4.78, 5) is 26.6. The van der Waals surface area contributed by atoms with E-state index in [9.17, 15) is 9.59 Å². The van der Waals surface area contributed by atoms with Crippen molar-refractivity contribution < 1.29 is 14.3 Å². The van der Waals surface area contributed by atoms with Crippen molar-refractivity contribution >= 4 is 23.2 Å². The Hall–Kier alpha value is -2.82. The van der Waals surface area contributed by atoms with Crippen LogP contribution in [0.3, 0.4) is 0 Å². The highest BCUT2D eigenvalue weighted by Gasteiger charge is 2.36. The van der Waals surface area contributed by atoms with Gasteiger partial charge in [-0.1, -0.05) is 32.0 Å². The first-order valence-corrected chi connectivity index (χ1v) is 8.24. The summed E-state index contributed by atoms with van der Waals surface area (Å²) < 4.78 is 5.10. The molecular weight excluding hydrogens is 316 g/mol. The molecule has 0 aliphatic carbocycles. The number of ether oxygens (including phenoxy) is 1. The third kappa shape index (κ3) is 3.50. The highest BCUT2D eigenvalue weighted by Crippen LogP contribution is 2.39. The third-order valence-electron chi connectivity index (χ3n) is 4.49. The highest BCUT2D eigenvalue weighted by molar-refractivity contribution is 6.04. The number of rotatable bonds is 4. The number of amides is 2. The molecule has 0 radical (unpaired) electrons. The zero-order chi connectivity index (χ0) is 18.0. The van der Waals surface area contributed by atoms with Crippen LogP contribution in [-0.2, 0) is 15.0 Å². The molecule has 0 unspecified atom stereocenters. The van der Waals surface area contributed by atoms with Crippen molar-refractivity contribution in [2.24, 2.45) is 0 Å². The molecule has 5 heteroatoms.